The van der Waals surface area contributed by atoms with Gasteiger partial charge < -0.3 is 21.9 Å². The lowest BCUT2D eigenvalue weighted by atomic mass is 10.3. The van der Waals surface area contributed by atoms with E-state index in [1.165, 1.54) is 19.2 Å². The van der Waals surface area contributed by atoms with Crippen molar-refractivity contribution in [3.63, 3.8) is 0 Å². The molecule has 0 aliphatic carbocycles. The van der Waals surface area contributed by atoms with Gasteiger partial charge in [-0.15, -0.1) is 0 Å². The minimum absolute atomic E-state index is 0.124. The largest absolute Gasteiger partial charge is 0.494 e. The molecule has 86 valence electrons. The van der Waals surface area contributed by atoms with Gasteiger partial charge in [0, 0.05) is 6.07 Å². The Kier molecular flexibility index (Phi) is 3.65. The third-order valence-corrected chi connectivity index (χ3v) is 1.62. The van der Waals surface area contributed by atoms with E-state index >= 15 is 0 Å². The molecule has 0 radical (unpaired) electrons. The van der Waals surface area contributed by atoms with Crippen LogP contribution in [0.4, 0.5) is 10.1 Å². The van der Waals surface area contributed by atoms with E-state index in [9.17, 15) is 4.39 Å². The molecular formula is C9H12FN5O. The van der Waals surface area contributed by atoms with Crippen molar-refractivity contribution in [3.8, 4) is 5.75 Å². The number of aliphatic imine (C=N–C) groups is 2. The molecule has 0 saturated heterocycles. The van der Waals surface area contributed by atoms with E-state index in [0.717, 1.165) is 6.07 Å². The van der Waals surface area contributed by atoms with Crippen LogP contribution in [0.15, 0.2) is 28.2 Å². The molecule has 0 aliphatic rings. The first-order chi connectivity index (χ1) is 7.52. The fourth-order valence-corrected chi connectivity index (χ4v) is 1.01. The molecule has 0 atom stereocenters. The highest BCUT2D eigenvalue weighted by molar-refractivity contribution is 5.93. The lowest BCUT2D eigenvalue weighted by molar-refractivity contribution is 0.386. The van der Waals surface area contributed by atoms with Crippen molar-refractivity contribution in [1.82, 2.24) is 0 Å². The summed E-state index contributed by atoms with van der Waals surface area (Å²) in [5.74, 6) is -0.777. The normalized spacial score (nSPS) is 11.0. The summed E-state index contributed by atoms with van der Waals surface area (Å²) in [4.78, 5) is 7.28. The van der Waals surface area contributed by atoms with Crippen molar-refractivity contribution in [2.24, 2.45) is 27.2 Å². The van der Waals surface area contributed by atoms with Gasteiger partial charge in [-0.2, -0.15) is 4.99 Å². The van der Waals surface area contributed by atoms with Gasteiger partial charge in [0.05, 0.1) is 12.8 Å². The SMILES string of the molecule is COc1ccc(N=C(N)N=C(N)N)cc1F. The molecule has 0 unspecified atom stereocenters. The molecule has 1 aromatic rings. The Morgan fingerprint density at radius 3 is 2.50 bits per heavy atom. The number of halogens is 1. The monoisotopic (exact) mass is 225 g/mol. The van der Waals surface area contributed by atoms with Crippen LogP contribution in [0, 0.1) is 5.82 Å². The second kappa shape index (κ2) is 4.96. The quantitative estimate of drug-likeness (QED) is 0.487. The predicted molar refractivity (Wildman–Crippen MR) is 60.0 cm³/mol. The van der Waals surface area contributed by atoms with Crippen LogP contribution in [0.5, 0.6) is 5.75 Å². The topological polar surface area (TPSA) is 112 Å². The van der Waals surface area contributed by atoms with E-state index < -0.39 is 5.82 Å². The van der Waals surface area contributed by atoms with Gasteiger partial charge in [0.15, 0.2) is 17.5 Å². The summed E-state index contributed by atoms with van der Waals surface area (Å²) in [7, 11) is 1.37. The minimum atomic E-state index is -0.541. The maximum Gasteiger partial charge on any atom is 0.223 e. The molecule has 0 aliphatic heterocycles. The Bertz CT molecular complexity index is 440. The van der Waals surface area contributed by atoms with Crippen LogP contribution in [0.3, 0.4) is 0 Å². The van der Waals surface area contributed by atoms with Crippen LogP contribution in [-0.4, -0.2) is 19.0 Å². The summed E-state index contributed by atoms with van der Waals surface area (Å²) < 4.78 is 18.0. The van der Waals surface area contributed by atoms with Gasteiger partial charge in [-0.1, -0.05) is 0 Å². The van der Waals surface area contributed by atoms with E-state index in [2.05, 4.69) is 9.98 Å². The van der Waals surface area contributed by atoms with E-state index in [4.69, 9.17) is 21.9 Å². The highest BCUT2D eigenvalue weighted by atomic mass is 19.1. The molecule has 0 bridgehead atoms. The average molecular weight is 225 g/mol. The molecular weight excluding hydrogens is 213 g/mol. The van der Waals surface area contributed by atoms with Crippen LogP contribution < -0.4 is 21.9 Å². The molecule has 0 fully saturated rings. The molecule has 0 spiro atoms. The first-order valence-corrected chi connectivity index (χ1v) is 4.30. The third kappa shape index (κ3) is 3.12. The van der Waals surface area contributed by atoms with Gasteiger partial charge in [0.1, 0.15) is 0 Å². The number of nitrogens with two attached hydrogens (primary N) is 3. The Morgan fingerprint density at radius 2 is 2.00 bits per heavy atom. The van der Waals surface area contributed by atoms with Crippen molar-refractivity contribution in [3.05, 3.63) is 24.0 Å². The van der Waals surface area contributed by atoms with Crippen LogP contribution in [0.25, 0.3) is 0 Å². The molecule has 6 N–H and O–H groups in total. The second-order valence-electron chi connectivity index (χ2n) is 2.83. The van der Waals surface area contributed by atoms with Gasteiger partial charge in [-0.3, -0.25) is 0 Å². The Hall–Kier alpha value is -2.31. The van der Waals surface area contributed by atoms with Gasteiger partial charge in [0.25, 0.3) is 0 Å². The van der Waals surface area contributed by atoms with E-state index in [1.54, 1.807) is 0 Å². The molecule has 0 amide bonds. The third-order valence-electron chi connectivity index (χ3n) is 1.62. The number of benzene rings is 1. The average Bonchev–Trinajstić information content (AvgIpc) is 2.16. The summed E-state index contributed by atoms with van der Waals surface area (Å²) in [6, 6.07) is 4.11. The van der Waals surface area contributed by atoms with Gasteiger partial charge in [0.2, 0.25) is 5.96 Å². The van der Waals surface area contributed by atoms with Crippen LogP contribution in [0.1, 0.15) is 0 Å². The Morgan fingerprint density at radius 1 is 1.31 bits per heavy atom. The summed E-state index contributed by atoms with van der Waals surface area (Å²) in [6.07, 6.45) is 0. The fourth-order valence-electron chi connectivity index (χ4n) is 1.01. The predicted octanol–water partition coefficient (Wildman–Crippen LogP) is 0.0539. The molecule has 0 aromatic heterocycles. The minimum Gasteiger partial charge on any atom is -0.494 e. The van der Waals surface area contributed by atoms with Gasteiger partial charge in [-0.25, -0.2) is 9.38 Å². The van der Waals surface area contributed by atoms with Crippen molar-refractivity contribution >= 4 is 17.6 Å². The highest BCUT2D eigenvalue weighted by Gasteiger charge is 2.02. The summed E-state index contributed by atoms with van der Waals surface area (Å²) in [6.45, 7) is 0. The smallest absolute Gasteiger partial charge is 0.223 e. The van der Waals surface area contributed by atoms with Crippen molar-refractivity contribution in [2.75, 3.05) is 7.11 Å². The molecule has 6 nitrogen and oxygen atoms in total. The number of hydrogen-bond acceptors (Lipinski definition) is 2. The maximum absolute atomic E-state index is 13.2. The number of rotatable bonds is 2. The van der Waals surface area contributed by atoms with E-state index in [-0.39, 0.29) is 17.7 Å². The first kappa shape index (κ1) is 11.8. The molecule has 1 rings (SSSR count). The van der Waals surface area contributed by atoms with Crippen LogP contribution in [-0.2, 0) is 0 Å². The summed E-state index contributed by atoms with van der Waals surface area (Å²) >= 11 is 0. The zero-order valence-electron chi connectivity index (χ0n) is 8.64. The number of guanidine groups is 2. The molecule has 0 saturated carbocycles. The first-order valence-electron chi connectivity index (χ1n) is 4.30. The summed E-state index contributed by atoms with van der Waals surface area (Å²) in [5, 5.41) is 0. The second-order valence-corrected chi connectivity index (χ2v) is 2.83. The number of nitrogens with zero attached hydrogens (tertiary/aromatic N) is 2. The van der Waals surface area contributed by atoms with E-state index in [1.807, 2.05) is 0 Å². The van der Waals surface area contributed by atoms with Gasteiger partial charge in [-0.05, 0) is 12.1 Å². The standard InChI is InChI=1S/C9H12FN5O/c1-16-7-3-2-5(4-6(7)10)14-9(13)15-8(11)12/h2-4H,1H3,(H6,11,12,13,14,15). The lowest BCUT2D eigenvalue weighted by Gasteiger charge is -2.01. The van der Waals surface area contributed by atoms with Crippen LogP contribution >= 0.6 is 0 Å². The lowest BCUT2D eigenvalue weighted by Crippen LogP contribution is -2.26. The number of ether oxygens (including phenoxy) is 1. The molecule has 0 heterocycles. The molecule has 16 heavy (non-hydrogen) atoms. The number of hydrogen-bond donors (Lipinski definition) is 3. The zero-order valence-corrected chi connectivity index (χ0v) is 8.64. The van der Waals surface area contributed by atoms with E-state index in [0.29, 0.717) is 5.69 Å². The van der Waals surface area contributed by atoms with Gasteiger partial charge >= 0.3 is 0 Å². The van der Waals surface area contributed by atoms with Crippen molar-refractivity contribution in [2.45, 2.75) is 0 Å². The van der Waals surface area contributed by atoms with Crippen LogP contribution in [0.2, 0.25) is 0 Å². The summed E-state index contributed by atoms with van der Waals surface area (Å²) in [5.41, 5.74) is 15.9. The number of methoxy groups -OCH3 is 1. The molecule has 7 heteroatoms. The molecule has 1 aromatic carbocycles. The van der Waals surface area contributed by atoms with Crippen molar-refractivity contribution < 1.29 is 9.13 Å². The highest BCUT2D eigenvalue weighted by Crippen LogP contribution is 2.22. The van der Waals surface area contributed by atoms with Crippen molar-refractivity contribution in [1.29, 1.82) is 0 Å². The Balaban J connectivity index is 2.99. The Labute approximate surface area is 91.6 Å². The zero-order chi connectivity index (χ0) is 12.1. The fraction of sp³-hybridized carbons (Fsp3) is 0.111. The maximum atomic E-state index is 13.2.